The number of anilines is 2. The Bertz CT molecular complexity index is 1330. The summed E-state index contributed by atoms with van der Waals surface area (Å²) in [6.07, 6.45) is 4.43. The second kappa shape index (κ2) is 8.68. The number of carbonyl (C=O) groups excluding carboxylic acids is 1. The lowest BCUT2D eigenvalue weighted by Gasteiger charge is -2.08. The fourth-order valence-corrected chi connectivity index (χ4v) is 3.00. The van der Waals surface area contributed by atoms with Crippen LogP contribution in [0.15, 0.2) is 58.1 Å². The molecular weight excluding hydrogens is 414 g/mol. The van der Waals surface area contributed by atoms with Crippen LogP contribution in [-0.2, 0) is 13.5 Å². The van der Waals surface area contributed by atoms with Gasteiger partial charge in [-0.25, -0.2) is 9.97 Å². The van der Waals surface area contributed by atoms with Crippen molar-refractivity contribution in [2.75, 3.05) is 18.2 Å². The van der Waals surface area contributed by atoms with Crippen LogP contribution in [0.25, 0.3) is 11.3 Å². The molecule has 0 aliphatic rings. The SMILES string of the molecule is COc1cccc(Cc2oc(NC(=O)c3cnccn3)nc2-c2ccc(=O)n(C)c2N)n1. The average Bonchev–Trinajstić information content (AvgIpc) is 3.19. The standard InChI is InChI=1S/C21H19N7O4/c1-28-17(29)7-6-13(19(28)22)18-15(10-12-4-3-5-16(25-12)31-2)32-21(26-18)27-20(30)14-11-23-8-9-24-14/h3-9,11H,10,22H2,1-2H3,(H,26,27,30). The van der Waals surface area contributed by atoms with E-state index in [9.17, 15) is 9.59 Å². The summed E-state index contributed by atoms with van der Waals surface area (Å²) in [5.41, 5.74) is 7.51. The molecule has 0 spiro atoms. The zero-order chi connectivity index (χ0) is 22.7. The second-order valence-corrected chi connectivity index (χ2v) is 6.71. The molecule has 4 aromatic heterocycles. The molecule has 0 fully saturated rings. The van der Waals surface area contributed by atoms with Gasteiger partial charge in [0, 0.05) is 37.1 Å². The predicted octanol–water partition coefficient (Wildman–Crippen LogP) is 1.66. The largest absolute Gasteiger partial charge is 0.481 e. The van der Waals surface area contributed by atoms with Crippen molar-refractivity contribution in [2.24, 2.45) is 7.05 Å². The zero-order valence-electron chi connectivity index (χ0n) is 17.3. The summed E-state index contributed by atoms with van der Waals surface area (Å²) in [4.78, 5) is 41.0. The number of nitrogens with two attached hydrogens (primary N) is 1. The number of methoxy groups -OCH3 is 1. The Labute approximate surface area is 181 Å². The molecule has 4 aromatic rings. The van der Waals surface area contributed by atoms with E-state index in [-0.39, 0.29) is 29.5 Å². The summed E-state index contributed by atoms with van der Waals surface area (Å²) in [6, 6.07) is 8.22. The van der Waals surface area contributed by atoms with Gasteiger partial charge in [-0.15, -0.1) is 0 Å². The van der Waals surface area contributed by atoms with Gasteiger partial charge in [-0.3, -0.25) is 24.5 Å². The molecular formula is C21H19N7O4. The van der Waals surface area contributed by atoms with E-state index in [1.54, 1.807) is 31.3 Å². The number of oxazole rings is 1. The van der Waals surface area contributed by atoms with Crippen LogP contribution in [0.2, 0.25) is 0 Å². The van der Waals surface area contributed by atoms with Crippen LogP contribution in [0.4, 0.5) is 11.8 Å². The first-order valence-corrected chi connectivity index (χ1v) is 9.49. The molecule has 11 heteroatoms. The van der Waals surface area contributed by atoms with Gasteiger partial charge in [0.2, 0.25) is 5.88 Å². The number of aromatic nitrogens is 5. The van der Waals surface area contributed by atoms with Crippen LogP contribution < -0.4 is 21.3 Å². The molecule has 0 aromatic carbocycles. The van der Waals surface area contributed by atoms with E-state index in [2.05, 4.69) is 25.3 Å². The third kappa shape index (κ3) is 4.17. The normalized spacial score (nSPS) is 10.7. The fraction of sp³-hybridized carbons (Fsp3) is 0.143. The Morgan fingerprint density at radius 3 is 2.81 bits per heavy atom. The third-order valence-corrected chi connectivity index (χ3v) is 4.66. The first kappa shape index (κ1) is 20.7. The van der Waals surface area contributed by atoms with Gasteiger partial charge in [-0.05, 0) is 12.1 Å². The maximum Gasteiger partial charge on any atom is 0.302 e. The van der Waals surface area contributed by atoms with Gasteiger partial charge in [0.05, 0.1) is 25.4 Å². The Morgan fingerprint density at radius 1 is 1.22 bits per heavy atom. The molecule has 162 valence electrons. The minimum Gasteiger partial charge on any atom is -0.481 e. The highest BCUT2D eigenvalue weighted by atomic mass is 16.5. The fourth-order valence-electron chi connectivity index (χ4n) is 3.00. The molecule has 0 unspecified atom stereocenters. The van der Waals surface area contributed by atoms with Crippen LogP contribution in [0, 0.1) is 0 Å². The van der Waals surface area contributed by atoms with E-state index in [0.29, 0.717) is 28.6 Å². The first-order valence-electron chi connectivity index (χ1n) is 9.49. The van der Waals surface area contributed by atoms with Crippen molar-refractivity contribution in [3.63, 3.8) is 0 Å². The number of pyridine rings is 2. The Morgan fingerprint density at radius 2 is 2.06 bits per heavy atom. The van der Waals surface area contributed by atoms with E-state index in [1.807, 2.05) is 0 Å². The van der Waals surface area contributed by atoms with Crippen molar-refractivity contribution in [1.29, 1.82) is 0 Å². The molecule has 11 nitrogen and oxygen atoms in total. The lowest BCUT2D eigenvalue weighted by Crippen LogP contribution is -2.19. The highest BCUT2D eigenvalue weighted by molar-refractivity contribution is 6.01. The molecule has 32 heavy (non-hydrogen) atoms. The molecule has 0 radical (unpaired) electrons. The molecule has 0 aliphatic carbocycles. The number of hydrogen-bond acceptors (Lipinski definition) is 9. The van der Waals surface area contributed by atoms with Gasteiger partial charge in [0.1, 0.15) is 23.0 Å². The number of nitrogens with zero attached hydrogens (tertiary/aromatic N) is 5. The minimum absolute atomic E-state index is 0.0539. The molecule has 0 saturated heterocycles. The number of nitrogens with one attached hydrogen (secondary N) is 1. The third-order valence-electron chi connectivity index (χ3n) is 4.66. The van der Waals surface area contributed by atoms with Gasteiger partial charge in [0.25, 0.3) is 11.5 Å². The molecule has 0 bridgehead atoms. The van der Waals surface area contributed by atoms with E-state index < -0.39 is 5.91 Å². The molecule has 0 saturated carbocycles. The van der Waals surface area contributed by atoms with Crippen LogP contribution in [0.1, 0.15) is 21.9 Å². The zero-order valence-corrected chi connectivity index (χ0v) is 17.3. The summed E-state index contributed by atoms with van der Waals surface area (Å²) in [5, 5.41) is 2.57. The average molecular weight is 433 g/mol. The Kier molecular flexibility index (Phi) is 5.62. The number of hydrogen-bond donors (Lipinski definition) is 2. The molecule has 4 heterocycles. The van der Waals surface area contributed by atoms with E-state index in [0.717, 1.165) is 0 Å². The lowest BCUT2D eigenvalue weighted by molar-refractivity contribution is 0.101. The maximum absolute atomic E-state index is 12.5. The van der Waals surface area contributed by atoms with E-state index in [4.69, 9.17) is 14.9 Å². The Balaban J connectivity index is 1.75. The van der Waals surface area contributed by atoms with Crippen molar-refractivity contribution >= 4 is 17.7 Å². The van der Waals surface area contributed by atoms with Crippen LogP contribution in [0.3, 0.4) is 0 Å². The summed E-state index contributed by atoms with van der Waals surface area (Å²) < 4.78 is 12.3. The molecule has 1 amide bonds. The van der Waals surface area contributed by atoms with E-state index in [1.165, 1.54) is 36.3 Å². The van der Waals surface area contributed by atoms with Crippen molar-refractivity contribution in [3.05, 3.63) is 76.4 Å². The number of nitrogen functional groups attached to an aromatic ring is 1. The summed E-state index contributed by atoms with van der Waals surface area (Å²) >= 11 is 0. The Hall–Kier alpha value is -4.54. The molecule has 3 N–H and O–H groups in total. The molecule has 0 aliphatic heterocycles. The second-order valence-electron chi connectivity index (χ2n) is 6.71. The topological polar surface area (TPSA) is 151 Å². The highest BCUT2D eigenvalue weighted by Gasteiger charge is 2.21. The number of amides is 1. The molecule has 4 rings (SSSR count). The van der Waals surface area contributed by atoms with Crippen molar-refractivity contribution < 1.29 is 13.9 Å². The number of rotatable bonds is 6. The first-order chi connectivity index (χ1) is 15.5. The van der Waals surface area contributed by atoms with Gasteiger partial charge in [-0.2, -0.15) is 4.98 Å². The van der Waals surface area contributed by atoms with Crippen molar-refractivity contribution in [3.8, 4) is 17.1 Å². The highest BCUT2D eigenvalue weighted by Crippen LogP contribution is 2.31. The number of ether oxygens (including phenoxy) is 1. The van der Waals surface area contributed by atoms with Crippen LogP contribution >= 0.6 is 0 Å². The summed E-state index contributed by atoms with van der Waals surface area (Å²) in [6.45, 7) is 0. The van der Waals surface area contributed by atoms with E-state index >= 15 is 0 Å². The monoisotopic (exact) mass is 433 g/mol. The van der Waals surface area contributed by atoms with Crippen molar-refractivity contribution in [1.82, 2.24) is 24.5 Å². The predicted molar refractivity (Wildman–Crippen MR) is 115 cm³/mol. The van der Waals surface area contributed by atoms with Crippen molar-refractivity contribution in [2.45, 2.75) is 6.42 Å². The summed E-state index contributed by atoms with van der Waals surface area (Å²) in [5.74, 6) is 0.509. The maximum atomic E-state index is 12.5. The minimum atomic E-state index is -0.537. The molecule has 0 atom stereocenters. The van der Waals surface area contributed by atoms with Gasteiger partial charge in [0.15, 0.2) is 0 Å². The smallest absolute Gasteiger partial charge is 0.302 e. The number of carbonyl (C=O) groups is 1. The quantitative estimate of drug-likeness (QED) is 0.462. The van der Waals surface area contributed by atoms with Crippen LogP contribution in [0.5, 0.6) is 5.88 Å². The van der Waals surface area contributed by atoms with Gasteiger partial charge >= 0.3 is 6.01 Å². The summed E-state index contributed by atoms with van der Waals surface area (Å²) in [7, 11) is 3.08. The van der Waals surface area contributed by atoms with Crippen LogP contribution in [-0.4, -0.2) is 37.5 Å². The van der Waals surface area contributed by atoms with Gasteiger partial charge < -0.3 is 14.9 Å². The van der Waals surface area contributed by atoms with Gasteiger partial charge in [-0.1, -0.05) is 6.07 Å². The lowest BCUT2D eigenvalue weighted by atomic mass is 10.1.